The Labute approximate surface area is 145 Å². The van der Waals surface area contributed by atoms with Crippen LogP contribution in [0.4, 0.5) is 0 Å². The van der Waals surface area contributed by atoms with Gasteiger partial charge in [0.05, 0.1) is 7.11 Å². The molecule has 0 amide bonds. The number of hydrogen-bond acceptors (Lipinski definition) is 4. The summed E-state index contributed by atoms with van der Waals surface area (Å²) in [4.78, 5) is 24.9. The van der Waals surface area contributed by atoms with Crippen LogP contribution in [0.2, 0.25) is 0 Å². The van der Waals surface area contributed by atoms with E-state index in [9.17, 15) is 9.59 Å². The summed E-state index contributed by atoms with van der Waals surface area (Å²) in [6.07, 6.45) is 0.640. The van der Waals surface area contributed by atoms with Crippen LogP contribution in [0.3, 0.4) is 0 Å². The standard InChI is InChI=1S/C19H16ClNO3/c1-24-15-9-5-2-6-12(15)10-11-21-17-16(20)18(22)13-7-3-4-8-14(13)19(17)23/h2-9,21H,10-11H2,1H3. The summed E-state index contributed by atoms with van der Waals surface area (Å²) < 4.78 is 5.31. The number of benzene rings is 2. The highest BCUT2D eigenvalue weighted by atomic mass is 35.5. The molecule has 0 aliphatic heterocycles. The van der Waals surface area contributed by atoms with E-state index in [1.54, 1.807) is 31.4 Å². The predicted molar refractivity (Wildman–Crippen MR) is 92.7 cm³/mol. The van der Waals surface area contributed by atoms with Crippen LogP contribution in [-0.2, 0) is 6.42 Å². The molecule has 3 rings (SSSR count). The lowest BCUT2D eigenvalue weighted by molar-refractivity contribution is 0.0975. The minimum Gasteiger partial charge on any atom is -0.496 e. The smallest absolute Gasteiger partial charge is 0.211 e. The number of nitrogens with one attached hydrogen (secondary N) is 1. The number of ether oxygens (including phenoxy) is 1. The average molecular weight is 342 g/mol. The number of rotatable bonds is 5. The first-order valence-electron chi connectivity index (χ1n) is 7.57. The van der Waals surface area contributed by atoms with Crippen molar-refractivity contribution < 1.29 is 14.3 Å². The number of carbonyl (C=O) groups excluding carboxylic acids is 2. The third-order valence-corrected chi connectivity index (χ3v) is 4.31. The summed E-state index contributed by atoms with van der Waals surface area (Å²) in [6.45, 7) is 0.465. The zero-order valence-corrected chi connectivity index (χ0v) is 13.9. The number of para-hydroxylation sites is 1. The Bertz CT molecular complexity index is 842. The van der Waals surface area contributed by atoms with Crippen molar-refractivity contribution in [3.05, 3.63) is 76.0 Å². The van der Waals surface area contributed by atoms with E-state index in [1.807, 2.05) is 24.3 Å². The number of carbonyl (C=O) groups is 2. The molecule has 0 aromatic heterocycles. The summed E-state index contributed by atoms with van der Waals surface area (Å²) >= 11 is 6.12. The van der Waals surface area contributed by atoms with Gasteiger partial charge in [-0.15, -0.1) is 0 Å². The molecule has 122 valence electrons. The van der Waals surface area contributed by atoms with Gasteiger partial charge in [0, 0.05) is 17.7 Å². The van der Waals surface area contributed by atoms with Gasteiger partial charge < -0.3 is 10.1 Å². The molecule has 0 heterocycles. The number of methoxy groups -OCH3 is 1. The molecule has 4 nitrogen and oxygen atoms in total. The summed E-state index contributed by atoms with van der Waals surface area (Å²) in [6, 6.07) is 14.4. The normalized spacial score (nSPS) is 13.8. The third kappa shape index (κ3) is 2.93. The van der Waals surface area contributed by atoms with Crippen LogP contribution in [0.25, 0.3) is 0 Å². The number of ketones is 2. The predicted octanol–water partition coefficient (Wildman–Crippen LogP) is 3.36. The quantitative estimate of drug-likeness (QED) is 0.906. The van der Waals surface area contributed by atoms with E-state index >= 15 is 0 Å². The molecular weight excluding hydrogens is 326 g/mol. The van der Waals surface area contributed by atoms with Gasteiger partial charge in [0.2, 0.25) is 11.6 Å². The van der Waals surface area contributed by atoms with Crippen LogP contribution >= 0.6 is 11.6 Å². The monoisotopic (exact) mass is 341 g/mol. The summed E-state index contributed by atoms with van der Waals surface area (Å²) in [5.74, 6) is 0.206. The fourth-order valence-electron chi connectivity index (χ4n) is 2.73. The Hall–Kier alpha value is -2.59. The second-order valence-corrected chi connectivity index (χ2v) is 5.76. The number of halogens is 1. The lowest BCUT2D eigenvalue weighted by Crippen LogP contribution is -2.30. The molecule has 0 spiro atoms. The van der Waals surface area contributed by atoms with Gasteiger partial charge in [0.25, 0.3) is 0 Å². The van der Waals surface area contributed by atoms with E-state index in [2.05, 4.69) is 5.32 Å². The minimum atomic E-state index is -0.327. The SMILES string of the molecule is COc1ccccc1CCNC1=C(Cl)C(=O)c2ccccc2C1=O. The van der Waals surface area contributed by atoms with Crippen LogP contribution in [-0.4, -0.2) is 25.2 Å². The molecule has 5 heteroatoms. The molecule has 1 aliphatic carbocycles. The van der Waals surface area contributed by atoms with Gasteiger partial charge in [0.15, 0.2) is 0 Å². The maximum Gasteiger partial charge on any atom is 0.211 e. The van der Waals surface area contributed by atoms with Crippen molar-refractivity contribution in [2.24, 2.45) is 0 Å². The molecule has 0 saturated heterocycles. The van der Waals surface area contributed by atoms with Gasteiger partial charge in [-0.2, -0.15) is 0 Å². The molecule has 0 bridgehead atoms. The van der Waals surface area contributed by atoms with Gasteiger partial charge in [-0.25, -0.2) is 0 Å². The second kappa shape index (κ2) is 6.89. The van der Waals surface area contributed by atoms with Crippen molar-refractivity contribution in [1.82, 2.24) is 5.32 Å². The van der Waals surface area contributed by atoms with Gasteiger partial charge in [-0.1, -0.05) is 54.1 Å². The Kier molecular flexibility index (Phi) is 4.67. The van der Waals surface area contributed by atoms with Crippen LogP contribution in [0.1, 0.15) is 26.3 Å². The highest BCUT2D eigenvalue weighted by Gasteiger charge is 2.30. The molecular formula is C19H16ClNO3. The molecule has 24 heavy (non-hydrogen) atoms. The number of allylic oxidation sites excluding steroid dienone is 2. The lowest BCUT2D eigenvalue weighted by atomic mass is 9.92. The lowest BCUT2D eigenvalue weighted by Gasteiger charge is -2.19. The van der Waals surface area contributed by atoms with Crippen molar-refractivity contribution >= 4 is 23.2 Å². The molecule has 0 radical (unpaired) electrons. The Morgan fingerprint density at radius 1 is 0.958 bits per heavy atom. The van der Waals surface area contributed by atoms with Gasteiger partial charge in [-0.3, -0.25) is 9.59 Å². The topological polar surface area (TPSA) is 55.4 Å². The summed E-state index contributed by atoms with van der Waals surface area (Å²) in [5, 5.41) is 2.96. The molecule has 0 fully saturated rings. The Morgan fingerprint density at radius 3 is 2.29 bits per heavy atom. The van der Waals surface area contributed by atoms with Crippen molar-refractivity contribution in [3.63, 3.8) is 0 Å². The number of fused-ring (bicyclic) bond motifs is 1. The maximum absolute atomic E-state index is 12.6. The minimum absolute atomic E-state index is 0.0567. The van der Waals surface area contributed by atoms with E-state index in [-0.39, 0.29) is 22.3 Å². The third-order valence-electron chi connectivity index (χ3n) is 3.95. The van der Waals surface area contributed by atoms with E-state index < -0.39 is 0 Å². The highest BCUT2D eigenvalue weighted by molar-refractivity contribution is 6.49. The fraction of sp³-hybridized carbons (Fsp3) is 0.158. The van der Waals surface area contributed by atoms with Crippen LogP contribution in [0.15, 0.2) is 59.3 Å². The maximum atomic E-state index is 12.6. The molecule has 2 aromatic carbocycles. The Morgan fingerprint density at radius 2 is 1.58 bits per heavy atom. The molecule has 2 aromatic rings. The van der Waals surface area contributed by atoms with Crippen molar-refractivity contribution in [2.75, 3.05) is 13.7 Å². The number of Topliss-reactive ketones (excluding diaryl/α,β-unsaturated/α-hetero) is 2. The zero-order valence-electron chi connectivity index (χ0n) is 13.1. The summed E-state index contributed by atoms with van der Waals surface area (Å²) in [5.41, 5.74) is 1.91. The van der Waals surface area contributed by atoms with E-state index in [0.717, 1.165) is 11.3 Å². The largest absolute Gasteiger partial charge is 0.496 e. The first-order valence-corrected chi connectivity index (χ1v) is 7.95. The van der Waals surface area contributed by atoms with Crippen LogP contribution < -0.4 is 10.1 Å². The van der Waals surface area contributed by atoms with Gasteiger partial charge in [0.1, 0.15) is 16.5 Å². The summed E-state index contributed by atoms with van der Waals surface area (Å²) in [7, 11) is 1.62. The van der Waals surface area contributed by atoms with Crippen molar-refractivity contribution in [3.8, 4) is 5.75 Å². The molecule has 0 saturated carbocycles. The average Bonchev–Trinajstić information content (AvgIpc) is 2.63. The molecule has 1 N–H and O–H groups in total. The van der Waals surface area contributed by atoms with Crippen LogP contribution in [0, 0.1) is 0 Å². The van der Waals surface area contributed by atoms with Crippen LogP contribution in [0.5, 0.6) is 5.75 Å². The van der Waals surface area contributed by atoms with E-state index in [1.165, 1.54) is 0 Å². The fourth-order valence-corrected chi connectivity index (χ4v) is 2.99. The van der Waals surface area contributed by atoms with E-state index in [4.69, 9.17) is 16.3 Å². The molecule has 1 aliphatic rings. The van der Waals surface area contributed by atoms with E-state index in [0.29, 0.717) is 24.1 Å². The first-order chi connectivity index (χ1) is 11.6. The first kappa shape index (κ1) is 16.3. The van der Waals surface area contributed by atoms with Gasteiger partial charge in [-0.05, 0) is 18.1 Å². The Balaban J connectivity index is 1.77. The highest BCUT2D eigenvalue weighted by Crippen LogP contribution is 2.27. The number of hydrogen-bond donors (Lipinski definition) is 1. The van der Waals surface area contributed by atoms with Gasteiger partial charge >= 0.3 is 0 Å². The zero-order chi connectivity index (χ0) is 17.1. The van der Waals surface area contributed by atoms with Crippen molar-refractivity contribution in [1.29, 1.82) is 0 Å². The molecule has 0 unspecified atom stereocenters. The second-order valence-electron chi connectivity index (χ2n) is 5.38. The molecule has 0 atom stereocenters. The van der Waals surface area contributed by atoms with Crippen molar-refractivity contribution in [2.45, 2.75) is 6.42 Å².